The van der Waals surface area contributed by atoms with Gasteiger partial charge in [-0.1, -0.05) is 0 Å². The molecular weight excluding hydrogens is 258 g/mol. The van der Waals surface area contributed by atoms with E-state index in [1.165, 1.54) is 12.1 Å². The van der Waals surface area contributed by atoms with Gasteiger partial charge in [-0.3, -0.25) is 14.9 Å². The molecule has 1 fully saturated rings. The quantitative estimate of drug-likeness (QED) is 0.662. The predicted octanol–water partition coefficient (Wildman–Crippen LogP) is 2.33. The summed E-state index contributed by atoms with van der Waals surface area (Å²) in [4.78, 5) is 24.1. The molecule has 0 spiro atoms. The molecule has 20 heavy (non-hydrogen) atoms. The van der Waals surface area contributed by atoms with E-state index in [4.69, 9.17) is 0 Å². The van der Waals surface area contributed by atoms with Crippen molar-refractivity contribution in [2.75, 3.05) is 25.0 Å². The zero-order valence-corrected chi connectivity index (χ0v) is 11.6. The number of likely N-dealkylation sites (tertiary alicyclic amines) is 1. The number of nitro groups is 1. The topological polar surface area (TPSA) is 75.5 Å². The summed E-state index contributed by atoms with van der Waals surface area (Å²) < 4.78 is 0. The number of amides is 1. The summed E-state index contributed by atoms with van der Waals surface area (Å²) in [6.45, 7) is 4.02. The van der Waals surface area contributed by atoms with Crippen molar-refractivity contribution < 1.29 is 9.72 Å². The highest BCUT2D eigenvalue weighted by atomic mass is 16.6. The van der Waals surface area contributed by atoms with E-state index >= 15 is 0 Å². The van der Waals surface area contributed by atoms with E-state index < -0.39 is 4.92 Å². The van der Waals surface area contributed by atoms with E-state index in [9.17, 15) is 14.9 Å². The molecule has 1 aliphatic heterocycles. The molecule has 6 heteroatoms. The molecule has 1 aliphatic rings. The first-order chi connectivity index (χ1) is 9.56. The highest BCUT2D eigenvalue weighted by Gasteiger charge is 2.17. The van der Waals surface area contributed by atoms with Gasteiger partial charge in [0.2, 0.25) is 5.91 Å². The van der Waals surface area contributed by atoms with E-state index in [-0.39, 0.29) is 11.6 Å². The van der Waals surface area contributed by atoms with Crippen molar-refractivity contribution in [3.05, 3.63) is 33.9 Å². The van der Waals surface area contributed by atoms with Crippen LogP contribution in [0, 0.1) is 17.0 Å². The van der Waals surface area contributed by atoms with Crippen LogP contribution in [-0.4, -0.2) is 35.4 Å². The Labute approximate surface area is 117 Å². The van der Waals surface area contributed by atoms with Gasteiger partial charge in [-0.15, -0.1) is 0 Å². The first-order valence-electron chi connectivity index (χ1n) is 6.84. The molecule has 2 rings (SSSR count). The van der Waals surface area contributed by atoms with Gasteiger partial charge in [0.15, 0.2) is 0 Å². The third kappa shape index (κ3) is 3.69. The fourth-order valence-electron chi connectivity index (χ4n) is 2.41. The number of benzene rings is 1. The average Bonchev–Trinajstić information content (AvgIpc) is 2.91. The second-order valence-electron chi connectivity index (χ2n) is 5.08. The lowest BCUT2D eigenvalue weighted by atomic mass is 10.2. The van der Waals surface area contributed by atoms with E-state index in [0.29, 0.717) is 18.7 Å². The van der Waals surface area contributed by atoms with E-state index in [1.54, 1.807) is 0 Å². The van der Waals surface area contributed by atoms with Crippen molar-refractivity contribution in [3.8, 4) is 0 Å². The third-order valence-corrected chi connectivity index (χ3v) is 3.40. The van der Waals surface area contributed by atoms with Crippen molar-refractivity contribution >= 4 is 17.3 Å². The third-order valence-electron chi connectivity index (χ3n) is 3.40. The summed E-state index contributed by atoms with van der Waals surface area (Å²) in [5.74, 6) is 0.150. The summed E-state index contributed by atoms with van der Waals surface area (Å²) in [6, 6.07) is 4.86. The van der Waals surface area contributed by atoms with E-state index in [1.807, 2.05) is 17.9 Å². The maximum Gasteiger partial charge on any atom is 0.271 e. The second-order valence-corrected chi connectivity index (χ2v) is 5.08. The Morgan fingerprint density at radius 2 is 2.05 bits per heavy atom. The Hall–Kier alpha value is -2.11. The zero-order valence-electron chi connectivity index (χ0n) is 11.6. The summed E-state index contributed by atoms with van der Waals surface area (Å²) in [5.41, 5.74) is 1.58. The number of carbonyl (C=O) groups is 1. The maximum atomic E-state index is 11.9. The molecule has 108 valence electrons. The monoisotopic (exact) mass is 277 g/mol. The second kappa shape index (κ2) is 6.36. The molecule has 1 heterocycles. The van der Waals surface area contributed by atoms with E-state index in [0.717, 1.165) is 31.5 Å². The van der Waals surface area contributed by atoms with Gasteiger partial charge in [-0.2, -0.15) is 0 Å². The smallest absolute Gasteiger partial charge is 0.271 e. The zero-order chi connectivity index (χ0) is 14.5. The van der Waals surface area contributed by atoms with Crippen molar-refractivity contribution in [2.45, 2.75) is 26.2 Å². The van der Waals surface area contributed by atoms with Gasteiger partial charge >= 0.3 is 0 Å². The normalized spacial score (nSPS) is 14.3. The van der Waals surface area contributed by atoms with Crippen LogP contribution in [0.1, 0.15) is 24.8 Å². The SMILES string of the molecule is Cc1cc(NCCC(=O)N2CCCC2)cc([N+](=O)[O-])c1. The molecule has 0 radical (unpaired) electrons. The van der Waals surface area contributed by atoms with Gasteiger partial charge in [0.1, 0.15) is 0 Å². The fourth-order valence-corrected chi connectivity index (χ4v) is 2.41. The summed E-state index contributed by atoms with van der Waals surface area (Å²) in [5, 5.41) is 13.9. The van der Waals surface area contributed by atoms with Crippen LogP contribution < -0.4 is 5.32 Å². The summed E-state index contributed by atoms with van der Waals surface area (Å²) in [7, 11) is 0. The van der Waals surface area contributed by atoms with E-state index in [2.05, 4.69) is 5.32 Å². The number of hydrogen-bond acceptors (Lipinski definition) is 4. The Balaban J connectivity index is 1.87. The largest absolute Gasteiger partial charge is 0.384 e. The van der Waals surface area contributed by atoms with Crippen LogP contribution in [0.25, 0.3) is 0 Å². The molecule has 0 bridgehead atoms. The number of nitrogens with zero attached hydrogens (tertiary/aromatic N) is 2. The summed E-state index contributed by atoms with van der Waals surface area (Å²) >= 11 is 0. The van der Waals surface area contributed by atoms with Crippen molar-refractivity contribution in [3.63, 3.8) is 0 Å². The molecule has 1 aromatic rings. The maximum absolute atomic E-state index is 11.9. The molecule has 0 aromatic heterocycles. The molecule has 0 aliphatic carbocycles. The molecule has 1 saturated heterocycles. The van der Waals surface area contributed by atoms with Crippen molar-refractivity contribution in [1.29, 1.82) is 0 Å². The molecule has 0 saturated carbocycles. The first kappa shape index (κ1) is 14.3. The minimum atomic E-state index is -0.409. The molecule has 1 aromatic carbocycles. The van der Waals surface area contributed by atoms with Gasteiger partial charge in [0.05, 0.1) is 4.92 Å². The Kier molecular flexibility index (Phi) is 4.55. The van der Waals surface area contributed by atoms with Crippen LogP contribution in [0.15, 0.2) is 18.2 Å². The van der Waals surface area contributed by atoms with Gasteiger partial charge in [-0.25, -0.2) is 0 Å². The summed E-state index contributed by atoms with van der Waals surface area (Å²) in [6.07, 6.45) is 2.59. The molecular formula is C14H19N3O3. The molecule has 1 N–H and O–H groups in total. The van der Waals surface area contributed by atoms with Crippen molar-refractivity contribution in [1.82, 2.24) is 4.90 Å². The van der Waals surface area contributed by atoms with Gasteiger partial charge in [0.25, 0.3) is 5.69 Å². The van der Waals surface area contributed by atoms with Crippen LogP contribution in [0.2, 0.25) is 0 Å². The number of rotatable bonds is 5. The Bertz CT molecular complexity index is 510. The van der Waals surface area contributed by atoms with Gasteiger partial charge in [-0.05, 0) is 31.4 Å². The van der Waals surface area contributed by atoms with Crippen LogP contribution in [-0.2, 0) is 4.79 Å². The lowest BCUT2D eigenvalue weighted by molar-refractivity contribution is -0.384. The van der Waals surface area contributed by atoms with Crippen LogP contribution in [0.5, 0.6) is 0 Å². The van der Waals surface area contributed by atoms with Crippen LogP contribution in [0.3, 0.4) is 0 Å². The lowest BCUT2D eigenvalue weighted by Gasteiger charge is -2.15. The lowest BCUT2D eigenvalue weighted by Crippen LogP contribution is -2.29. The Morgan fingerprint density at radius 1 is 1.35 bits per heavy atom. The number of non-ortho nitro benzene ring substituents is 1. The van der Waals surface area contributed by atoms with Gasteiger partial charge < -0.3 is 10.2 Å². The van der Waals surface area contributed by atoms with Crippen LogP contribution >= 0.6 is 0 Å². The minimum Gasteiger partial charge on any atom is -0.384 e. The highest BCUT2D eigenvalue weighted by molar-refractivity contribution is 5.77. The van der Waals surface area contributed by atoms with Crippen molar-refractivity contribution in [2.24, 2.45) is 0 Å². The van der Waals surface area contributed by atoms with Gasteiger partial charge in [0, 0.05) is 43.9 Å². The molecule has 6 nitrogen and oxygen atoms in total. The molecule has 0 atom stereocenters. The first-order valence-corrected chi connectivity index (χ1v) is 6.84. The highest BCUT2D eigenvalue weighted by Crippen LogP contribution is 2.20. The standard InChI is InChI=1S/C14H19N3O3/c1-11-8-12(10-13(9-11)17(19)20)15-5-4-14(18)16-6-2-3-7-16/h8-10,15H,2-7H2,1H3. The predicted molar refractivity (Wildman–Crippen MR) is 76.8 cm³/mol. The fraction of sp³-hybridized carbons (Fsp3) is 0.500. The molecule has 0 unspecified atom stereocenters. The molecule has 1 amide bonds. The minimum absolute atomic E-state index is 0.0679. The number of aryl methyl sites for hydroxylation is 1. The Morgan fingerprint density at radius 3 is 2.70 bits per heavy atom. The number of nitrogens with one attached hydrogen (secondary N) is 1. The average molecular weight is 277 g/mol. The number of carbonyl (C=O) groups excluding carboxylic acids is 1. The number of nitro benzene ring substituents is 1. The number of hydrogen-bond donors (Lipinski definition) is 1. The number of anilines is 1. The van der Waals surface area contributed by atoms with Crippen LogP contribution in [0.4, 0.5) is 11.4 Å².